The van der Waals surface area contributed by atoms with Gasteiger partial charge in [0.25, 0.3) is 0 Å². The first-order chi connectivity index (χ1) is 4.64. The molecule has 0 saturated heterocycles. The highest BCUT2D eigenvalue weighted by molar-refractivity contribution is 4.82. The second-order valence-corrected chi connectivity index (χ2v) is 3.79. The van der Waals surface area contributed by atoms with Crippen LogP contribution in [-0.2, 0) is 0 Å². The standard InChI is InChI=1S/C8H17NO/c1-8(9,6-10)5-4-7-2-3-7/h7,10H,2-6,9H2,1H3. The number of rotatable bonds is 4. The molecule has 0 aliphatic heterocycles. The normalized spacial score (nSPS) is 24.3. The predicted octanol–water partition coefficient (Wildman–Crippen LogP) is 0.886. The summed E-state index contributed by atoms with van der Waals surface area (Å²) in [6.45, 7) is 2.02. The van der Waals surface area contributed by atoms with Crippen molar-refractivity contribution >= 4 is 0 Å². The van der Waals surface area contributed by atoms with E-state index in [2.05, 4.69) is 0 Å². The highest BCUT2D eigenvalue weighted by atomic mass is 16.3. The summed E-state index contributed by atoms with van der Waals surface area (Å²) in [5, 5.41) is 8.80. The van der Waals surface area contributed by atoms with Gasteiger partial charge in [0.05, 0.1) is 6.61 Å². The smallest absolute Gasteiger partial charge is 0.0608 e. The van der Waals surface area contributed by atoms with Crippen molar-refractivity contribution < 1.29 is 5.11 Å². The maximum atomic E-state index is 8.80. The Hall–Kier alpha value is -0.0800. The number of aliphatic hydroxyl groups excluding tert-OH is 1. The highest BCUT2D eigenvalue weighted by Gasteiger charge is 2.25. The Kier molecular flexibility index (Phi) is 2.32. The Morgan fingerprint density at radius 2 is 2.20 bits per heavy atom. The maximum Gasteiger partial charge on any atom is 0.0608 e. The Morgan fingerprint density at radius 1 is 1.60 bits per heavy atom. The molecule has 1 unspecified atom stereocenters. The third kappa shape index (κ3) is 2.67. The summed E-state index contributed by atoms with van der Waals surface area (Å²) in [6, 6.07) is 0. The molecule has 0 aromatic rings. The minimum absolute atomic E-state index is 0.111. The minimum Gasteiger partial charge on any atom is -0.394 e. The Labute approximate surface area is 62.4 Å². The van der Waals surface area contributed by atoms with Crippen molar-refractivity contribution in [2.24, 2.45) is 11.7 Å². The van der Waals surface area contributed by atoms with Crippen molar-refractivity contribution in [3.63, 3.8) is 0 Å². The van der Waals surface area contributed by atoms with Crippen LogP contribution in [0.1, 0.15) is 32.6 Å². The van der Waals surface area contributed by atoms with E-state index < -0.39 is 0 Å². The predicted molar refractivity (Wildman–Crippen MR) is 41.6 cm³/mol. The van der Waals surface area contributed by atoms with E-state index in [4.69, 9.17) is 10.8 Å². The Bertz CT molecular complexity index is 108. The summed E-state index contributed by atoms with van der Waals surface area (Å²) in [6.07, 6.45) is 4.92. The van der Waals surface area contributed by atoms with Crippen molar-refractivity contribution in [1.82, 2.24) is 0 Å². The zero-order valence-corrected chi connectivity index (χ0v) is 6.64. The largest absolute Gasteiger partial charge is 0.394 e. The zero-order chi connectivity index (χ0) is 7.61. The summed E-state index contributed by atoms with van der Waals surface area (Å²) in [5.41, 5.74) is 5.41. The Balaban J connectivity index is 2.09. The van der Waals surface area contributed by atoms with Gasteiger partial charge < -0.3 is 10.8 Å². The van der Waals surface area contributed by atoms with Gasteiger partial charge in [-0.1, -0.05) is 12.8 Å². The molecule has 0 heterocycles. The monoisotopic (exact) mass is 143 g/mol. The van der Waals surface area contributed by atoms with Crippen molar-refractivity contribution in [3.8, 4) is 0 Å². The second kappa shape index (κ2) is 2.89. The molecule has 0 amide bonds. The van der Waals surface area contributed by atoms with E-state index in [1.165, 1.54) is 19.3 Å². The van der Waals surface area contributed by atoms with Gasteiger partial charge in [-0.15, -0.1) is 0 Å². The fourth-order valence-corrected chi connectivity index (χ4v) is 1.02. The molecule has 0 spiro atoms. The van der Waals surface area contributed by atoms with Crippen LogP contribution in [0.25, 0.3) is 0 Å². The second-order valence-electron chi connectivity index (χ2n) is 3.79. The van der Waals surface area contributed by atoms with Crippen LogP contribution in [0.5, 0.6) is 0 Å². The number of aliphatic hydroxyl groups is 1. The van der Waals surface area contributed by atoms with Crippen LogP contribution in [0.15, 0.2) is 0 Å². The first-order valence-electron chi connectivity index (χ1n) is 4.04. The van der Waals surface area contributed by atoms with Gasteiger partial charge in [0.15, 0.2) is 0 Å². The van der Waals surface area contributed by atoms with Gasteiger partial charge in [-0.3, -0.25) is 0 Å². The molecule has 0 aromatic heterocycles. The molecule has 3 N–H and O–H groups in total. The topological polar surface area (TPSA) is 46.2 Å². The van der Waals surface area contributed by atoms with Crippen LogP contribution < -0.4 is 5.73 Å². The van der Waals surface area contributed by atoms with Crippen LogP contribution in [0.2, 0.25) is 0 Å². The average molecular weight is 143 g/mol. The average Bonchev–Trinajstić information content (AvgIpc) is 2.66. The summed E-state index contributed by atoms with van der Waals surface area (Å²) in [5.74, 6) is 0.925. The molecule has 0 bridgehead atoms. The van der Waals surface area contributed by atoms with Crippen LogP contribution in [-0.4, -0.2) is 17.3 Å². The lowest BCUT2D eigenvalue weighted by molar-refractivity contribution is 0.196. The molecule has 1 aliphatic carbocycles. The summed E-state index contributed by atoms with van der Waals surface area (Å²) >= 11 is 0. The van der Waals surface area contributed by atoms with Gasteiger partial charge in [-0.2, -0.15) is 0 Å². The molecular weight excluding hydrogens is 126 g/mol. The van der Waals surface area contributed by atoms with Crippen molar-refractivity contribution in [3.05, 3.63) is 0 Å². The van der Waals surface area contributed by atoms with E-state index in [-0.39, 0.29) is 12.1 Å². The summed E-state index contributed by atoms with van der Waals surface area (Å²) in [4.78, 5) is 0. The molecule has 1 saturated carbocycles. The van der Waals surface area contributed by atoms with Crippen molar-refractivity contribution in [2.45, 2.75) is 38.1 Å². The fourth-order valence-electron chi connectivity index (χ4n) is 1.02. The van der Waals surface area contributed by atoms with Crippen LogP contribution in [0.4, 0.5) is 0 Å². The first kappa shape index (κ1) is 8.02. The first-order valence-corrected chi connectivity index (χ1v) is 4.04. The molecule has 0 aromatic carbocycles. The van der Waals surface area contributed by atoms with E-state index in [1.807, 2.05) is 6.92 Å². The molecule has 1 fully saturated rings. The molecule has 60 valence electrons. The summed E-state index contributed by atoms with van der Waals surface area (Å²) < 4.78 is 0. The van der Waals surface area contributed by atoms with Gasteiger partial charge in [0.1, 0.15) is 0 Å². The van der Waals surface area contributed by atoms with Crippen molar-refractivity contribution in [2.75, 3.05) is 6.61 Å². The molecule has 10 heavy (non-hydrogen) atoms. The maximum absolute atomic E-state index is 8.80. The molecule has 1 aliphatic rings. The lowest BCUT2D eigenvalue weighted by atomic mass is 9.97. The minimum atomic E-state index is -0.331. The number of hydrogen-bond donors (Lipinski definition) is 2. The van der Waals surface area contributed by atoms with Gasteiger partial charge in [0.2, 0.25) is 0 Å². The van der Waals surface area contributed by atoms with E-state index >= 15 is 0 Å². The zero-order valence-electron chi connectivity index (χ0n) is 6.64. The highest BCUT2D eigenvalue weighted by Crippen LogP contribution is 2.34. The van der Waals surface area contributed by atoms with Crippen LogP contribution >= 0.6 is 0 Å². The van der Waals surface area contributed by atoms with E-state index in [0.29, 0.717) is 0 Å². The van der Waals surface area contributed by atoms with Gasteiger partial charge >= 0.3 is 0 Å². The van der Waals surface area contributed by atoms with Crippen LogP contribution in [0, 0.1) is 5.92 Å². The Morgan fingerprint density at radius 3 is 2.60 bits per heavy atom. The molecule has 1 rings (SSSR count). The van der Waals surface area contributed by atoms with E-state index in [0.717, 1.165) is 12.3 Å². The van der Waals surface area contributed by atoms with Gasteiger partial charge in [-0.05, 0) is 25.7 Å². The molecule has 0 radical (unpaired) electrons. The molecule has 2 nitrogen and oxygen atoms in total. The molecule has 2 heteroatoms. The van der Waals surface area contributed by atoms with E-state index in [9.17, 15) is 0 Å². The molecule has 1 atom stereocenters. The fraction of sp³-hybridized carbons (Fsp3) is 1.00. The summed E-state index contributed by atoms with van der Waals surface area (Å²) in [7, 11) is 0. The van der Waals surface area contributed by atoms with Crippen LogP contribution in [0.3, 0.4) is 0 Å². The molecular formula is C8H17NO. The van der Waals surface area contributed by atoms with Gasteiger partial charge in [0, 0.05) is 5.54 Å². The van der Waals surface area contributed by atoms with E-state index in [1.54, 1.807) is 0 Å². The lowest BCUT2D eigenvalue weighted by Gasteiger charge is -2.20. The SMILES string of the molecule is CC(N)(CO)CCC1CC1. The van der Waals surface area contributed by atoms with Gasteiger partial charge in [-0.25, -0.2) is 0 Å². The third-order valence-corrected chi connectivity index (χ3v) is 2.18. The number of hydrogen-bond acceptors (Lipinski definition) is 2. The quantitative estimate of drug-likeness (QED) is 0.614. The number of nitrogens with two attached hydrogens (primary N) is 1. The third-order valence-electron chi connectivity index (χ3n) is 2.18. The van der Waals surface area contributed by atoms with Crippen molar-refractivity contribution in [1.29, 1.82) is 0 Å². The lowest BCUT2D eigenvalue weighted by Crippen LogP contribution is -2.40.